The molecular formula is C13H12FNO2. The molecule has 0 amide bonds. The van der Waals surface area contributed by atoms with E-state index < -0.39 is 4.92 Å². The van der Waals surface area contributed by atoms with Crippen LogP contribution in [-0.2, 0) is 6.42 Å². The lowest BCUT2D eigenvalue weighted by atomic mass is 9.93. The van der Waals surface area contributed by atoms with Crippen LogP contribution in [0.15, 0.2) is 48.3 Å². The quantitative estimate of drug-likeness (QED) is 0.591. The van der Waals surface area contributed by atoms with Gasteiger partial charge in [0.05, 0.1) is 4.92 Å². The van der Waals surface area contributed by atoms with E-state index in [1.165, 1.54) is 18.2 Å². The summed E-state index contributed by atoms with van der Waals surface area (Å²) in [4.78, 5) is 10.1. The second-order valence-electron chi connectivity index (χ2n) is 4.07. The molecule has 0 spiro atoms. The van der Waals surface area contributed by atoms with Crippen molar-refractivity contribution in [2.45, 2.75) is 12.8 Å². The SMILES string of the molecule is O=[N+]([O-])c1ccc(CC2C=CC(F)=CC2)cc1. The van der Waals surface area contributed by atoms with Crippen molar-refractivity contribution >= 4 is 5.69 Å². The number of rotatable bonds is 3. The maximum atomic E-state index is 12.7. The molecule has 0 heterocycles. The van der Waals surface area contributed by atoms with Gasteiger partial charge >= 0.3 is 0 Å². The Morgan fingerprint density at radius 2 is 2.06 bits per heavy atom. The molecule has 1 aromatic carbocycles. The van der Waals surface area contributed by atoms with Crippen molar-refractivity contribution in [2.24, 2.45) is 5.92 Å². The summed E-state index contributed by atoms with van der Waals surface area (Å²) in [5.41, 5.74) is 1.12. The first-order chi connectivity index (χ1) is 8.15. The van der Waals surface area contributed by atoms with Gasteiger partial charge in [0.15, 0.2) is 0 Å². The lowest BCUT2D eigenvalue weighted by molar-refractivity contribution is -0.384. The molecule has 0 bridgehead atoms. The van der Waals surface area contributed by atoms with Gasteiger partial charge in [0.25, 0.3) is 5.69 Å². The van der Waals surface area contributed by atoms with Crippen molar-refractivity contribution in [1.29, 1.82) is 0 Å². The lowest BCUT2D eigenvalue weighted by Crippen LogP contribution is -2.03. The van der Waals surface area contributed by atoms with Gasteiger partial charge in [-0.15, -0.1) is 0 Å². The van der Waals surface area contributed by atoms with Gasteiger partial charge in [-0.2, -0.15) is 0 Å². The number of hydrogen-bond acceptors (Lipinski definition) is 2. The maximum absolute atomic E-state index is 12.7. The van der Waals surface area contributed by atoms with Crippen molar-refractivity contribution in [3.63, 3.8) is 0 Å². The highest BCUT2D eigenvalue weighted by Crippen LogP contribution is 2.22. The number of allylic oxidation sites excluding steroid dienone is 4. The predicted octanol–water partition coefficient (Wildman–Crippen LogP) is 3.57. The molecule has 0 N–H and O–H groups in total. The first kappa shape index (κ1) is 11.5. The van der Waals surface area contributed by atoms with Crippen LogP contribution in [0.5, 0.6) is 0 Å². The van der Waals surface area contributed by atoms with E-state index in [9.17, 15) is 14.5 Å². The topological polar surface area (TPSA) is 43.1 Å². The second-order valence-corrected chi connectivity index (χ2v) is 4.07. The minimum Gasteiger partial charge on any atom is -0.258 e. The highest BCUT2D eigenvalue weighted by Gasteiger charge is 2.10. The molecule has 1 aromatic rings. The summed E-state index contributed by atoms with van der Waals surface area (Å²) in [5, 5.41) is 10.5. The average Bonchev–Trinajstić information content (AvgIpc) is 2.33. The normalized spacial score (nSPS) is 18.9. The van der Waals surface area contributed by atoms with E-state index in [1.54, 1.807) is 18.2 Å². The summed E-state index contributed by atoms with van der Waals surface area (Å²) >= 11 is 0. The van der Waals surface area contributed by atoms with E-state index >= 15 is 0 Å². The number of hydrogen-bond donors (Lipinski definition) is 0. The summed E-state index contributed by atoms with van der Waals surface area (Å²) < 4.78 is 12.7. The summed E-state index contributed by atoms with van der Waals surface area (Å²) in [6, 6.07) is 6.50. The van der Waals surface area contributed by atoms with Gasteiger partial charge < -0.3 is 0 Å². The van der Waals surface area contributed by atoms with Crippen LogP contribution in [0.25, 0.3) is 0 Å². The first-order valence-corrected chi connectivity index (χ1v) is 5.42. The Bertz CT molecular complexity index is 477. The summed E-state index contributed by atoms with van der Waals surface area (Å²) in [5.74, 6) is 0.0842. The van der Waals surface area contributed by atoms with Gasteiger partial charge in [0, 0.05) is 12.1 Å². The van der Waals surface area contributed by atoms with Crippen LogP contribution < -0.4 is 0 Å². The van der Waals surface area contributed by atoms with E-state index in [2.05, 4.69) is 0 Å². The Labute approximate surface area is 98.4 Å². The van der Waals surface area contributed by atoms with Crippen LogP contribution in [0.1, 0.15) is 12.0 Å². The third-order valence-corrected chi connectivity index (χ3v) is 2.79. The number of benzene rings is 1. The Balaban J connectivity index is 2.00. The van der Waals surface area contributed by atoms with Crippen molar-refractivity contribution in [2.75, 3.05) is 0 Å². The number of halogens is 1. The molecule has 0 saturated carbocycles. The monoisotopic (exact) mass is 233 g/mol. The molecule has 0 aromatic heterocycles. The number of nitrogens with zero attached hydrogens (tertiary/aromatic N) is 1. The molecule has 0 saturated heterocycles. The molecule has 3 nitrogen and oxygen atoms in total. The molecule has 0 fully saturated rings. The van der Waals surface area contributed by atoms with E-state index in [4.69, 9.17) is 0 Å². The zero-order chi connectivity index (χ0) is 12.3. The summed E-state index contributed by atoms with van der Waals surface area (Å²) in [6.45, 7) is 0. The van der Waals surface area contributed by atoms with E-state index in [-0.39, 0.29) is 17.4 Å². The van der Waals surface area contributed by atoms with E-state index in [1.807, 2.05) is 6.08 Å². The molecule has 88 valence electrons. The van der Waals surface area contributed by atoms with Crippen LogP contribution in [0.4, 0.5) is 10.1 Å². The molecule has 1 atom stereocenters. The molecular weight excluding hydrogens is 221 g/mol. The lowest BCUT2D eigenvalue weighted by Gasteiger charge is -2.13. The molecule has 1 aliphatic rings. The Morgan fingerprint density at radius 1 is 1.35 bits per heavy atom. The highest BCUT2D eigenvalue weighted by molar-refractivity contribution is 5.33. The second kappa shape index (κ2) is 4.91. The standard InChI is InChI=1S/C13H12FNO2/c14-12-5-1-10(2-6-12)9-11-3-7-13(8-4-11)15(16)17/h1,3-8,10H,2,9H2. The van der Waals surface area contributed by atoms with Crippen LogP contribution >= 0.6 is 0 Å². The first-order valence-electron chi connectivity index (χ1n) is 5.42. The van der Waals surface area contributed by atoms with Crippen molar-refractivity contribution < 1.29 is 9.31 Å². The van der Waals surface area contributed by atoms with Gasteiger partial charge in [-0.05, 0) is 36.5 Å². The largest absolute Gasteiger partial charge is 0.269 e. The Hall–Kier alpha value is -1.97. The van der Waals surface area contributed by atoms with Gasteiger partial charge in [0.1, 0.15) is 5.83 Å². The van der Waals surface area contributed by atoms with Crippen molar-refractivity contribution in [3.05, 3.63) is 64.0 Å². The number of nitro groups is 1. The van der Waals surface area contributed by atoms with Gasteiger partial charge in [0.2, 0.25) is 0 Å². The number of non-ortho nitro benzene ring substituents is 1. The van der Waals surface area contributed by atoms with Gasteiger partial charge in [-0.1, -0.05) is 18.2 Å². The van der Waals surface area contributed by atoms with E-state index in [0.29, 0.717) is 6.42 Å². The minimum atomic E-state index is -0.414. The fourth-order valence-electron chi connectivity index (χ4n) is 1.85. The smallest absolute Gasteiger partial charge is 0.258 e. The summed E-state index contributed by atoms with van der Waals surface area (Å²) in [6.07, 6.45) is 6.34. The average molecular weight is 233 g/mol. The van der Waals surface area contributed by atoms with Crippen molar-refractivity contribution in [3.8, 4) is 0 Å². The highest BCUT2D eigenvalue weighted by atomic mass is 19.1. The third-order valence-electron chi connectivity index (χ3n) is 2.79. The fraction of sp³-hybridized carbons (Fsp3) is 0.231. The zero-order valence-corrected chi connectivity index (χ0v) is 9.17. The summed E-state index contributed by atoms with van der Waals surface area (Å²) in [7, 11) is 0. The number of nitro benzene ring substituents is 1. The van der Waals surface area contributed by atoms with Crippen molar-refractivity contribution in [1.82, 2.24) is 0 Å². The van der Waals surface area contributed by atoms with Crippen LogP contribution in [0.2, 0.25) is 0 Å². The minimum absolute atomic E-state index is 0.0962. The molecule has 1 aliphatic carbocycles. The van der Waals surface area contributed by atoms with Crippen LogP contribution in [0, 0.1) is 16.0 Å². The van der Waals surface area contributed by atoms with E-state index in [0.717, 1.165) is 12.0 Å². The molecule has 17 heavy (non-hydrogen) atoms. The molecule has 0 aliphatic heterocycles. The molecule has 0 radical (unpaired) electrons. The van der Waals surface area contributed by atoms with Gasteiger partial charge in [-0.25, -0.2) is 4.39 Å². The fourth-order valence-corrected chi connectivity index (χ4v) is 1.85. The molecule has 4 heteroatoms. The Kier molecular flexibility index (Phi) is 3.32. The third kappa shape index (κ3) is 3.00. The zero-order valence-electron chi connectivity index (χ0n) is 9.17. The predicted molar refractivity (Wildman–Crippen MR) is 63.2 cm³/mol. The molecule has 1 unspecified atom stereocenters. The van der Waals surface area contributed by atoms with Gasteiger partial charge in [-0.3, -0.25) is 10.1 Å². The maximum Gasteiger partial charge on any atom is 0.269 e. The van der Waals surface area contributed by atoms with Crippen LogP contribution in [0.3, 0.4) is 0 Å². The van der Waals surface area contributed by atoms with Crippen LogP contribution in [-0.4, -0.2) is 4.92 Å². The molecule has 2 rings (SSSR count). The Morgan fingerprint density at radius 3 is 2.59 bits per heavy atom.